The van der Waals surface area contributed by atoms with Gasteiger partial charge >= 0.3 is 0 Å². The van der Waals surface area contributed by atoms with Crippen LogP contribution in [0.15, 0.2) is 41.1 Å². The fourth-order valence-electron chi connectivity index (χ4n) is 2.43. The van der Waals surface area contributed by atoms with Gasteiger partial charge < -0.3 is 9.64 Å². The van der Waals surface area contributed by atoms with Crippen molar-refractivity contribution in [3.05, 3.63) is 51.4 Å². The predicted octanol–water partition coefficient (Wildman–Crippen LogP) is 3.34. The van der Waals surface area contributed by atoms with E-state index in [1.165, 1.54) is 0 Å². The minimum absolute atomic E-state index is 0.0292. The van der Waals surface area contributed by atoms with Gasteiger partial charge in [0, 0.05) is 19.2 Å². The average Bonchev–Trinajstić information content (AvgIpc) is 3.25. The fraction of sp³-hybridized carbons (Fsp3) is 0.235. The SMILES string of the molecule is COc1ccc(-c2n[nH]c(=S)n2CC(=O)N(C)Cc2ccsc2)cc1. The van der Waals surface area contributed by atoms with Crippen molar-refractivity contribution in [3.8, 4) is 17.1 Å². The summed E-state index contributed by atoms with van der Waals surface area (Å²) in [5.41, 5.74) is 1.98. The summed E-state index contributed by atoms with van der Waals surface area (Å²) >= 11 is 6.91. The number of benzene rings is 1. The molecule has 8 heteroatoms. The Labute approximate surface area is 154 Å². The number of ether oxygens (including phenoxy) is 1. The van der Waals surface area contributed by atoms with E-state index in [1.807, 2.05) is 41.1 Å². The quantitative estimate of drug-likeness (QED) is 0.672. The number of likely N-dealkylation sites (N-methyl/N-ethyl adjacent to an activating group) is 1. The molecular formula is C17H18N4O2S2. The van der Waals surface area contributed by atoms with Crippen LogP contribution in [-0.2, 0) is 17.9 Å². The van der Waals surface area contributed by atoms with E-state index in [0.717, 1.165) is 16.9 Å². The zero-order chi connectivity index (χ0) is 17.8. The van der Waals surface area contributed by atoms with Crippen molar-refractivity contribution >= 4 is 29.5 Å². The van der Waals surface area contributed by atoms with Crippen molar-refractivity contribution < 1.29 is 9.53 Å². The Morgan fingerprint density at radius 3 is 2.76 bits per heavy atom. The number of aromatic nitrogens is 3. The van der Waals surface area contributed by atoms with Gasteiger partial charge in [-0.05, 0) is 58.9 Å². The molecule has 2 heterocycles. The molecule has 6 nitrogen and oxygen atoms in total. The van der Waals surface area contributed by atoms with E-state index >= 15 is 0 Å². The van der Waals surface area contributed by atoms with Crippen molar-refractivity contribution in [2.75, 3.05) is 14.2 Å². The maximum Gasteiger partial charge on any atom is 0.242 e. The third kappa shape index (κ3) is 3.97. The molecule has 0 unspecified atom stereocenters. The number of amides is 1. The van der Waals surface area contributed by atoms with E-state index in [1.54, 1.807) is 35.0 Å². The maximum absolute atomic E-state index is 12.6. The summed E-state index contributed by atoms with van der Waals surface area (Å²) in [6.07, 6.45) is 0. The minimum atomic E-state index is -0.0292. The molecule has 0 bridgehead atoms. The topological polar surface area (TPSA) is 63.1 Å². The lowest BCUT2D eigenvalue weighted by Crippen LogP contribution is -2.29. The number of nitrogens with one attached hydrogen (secondary N) is 1. The minimum Gasteiger partial charge on any atom is -0.497 e. The monoisotopic (exact) mass is 374 g/mol. The van der Waals surface area contributed by atoms with Crippen LogP contribution in [0.25, 0.3) is 11.4 Å². The van der Waals surface area contributed by atoms with Gasteiger partial charge in [0.15, 0.2) is 10.6 Å². The number of hydrogen-bond acceptors (Lipinski definition) is 5. The normalized spacial score (nSPS) is 10.6. The summed E-state index contributed by atoms with van der Waals surface area (Å²) in [6.45, 7) is 0.711. The molecule has 0 atom stereocenters. The Balaban J connectivity index is 1.79. The summed E-state index contributed by atoms with van der Waals surface area (Å²) in [4.78, 5) is 14.3. The number of nitrogens with zero attached hydrogens (tertiary/aromatic N) is 3. The van der Waals surface area contributed by atoms with Gasteiger partial charge in [0.05, 0.1) is 7.11 Å². The Morgan fingerprint density at radius 2 is 2.12 bits per heavy atom. The van der Waals surface area contributed by atoms with Crippen LogP contribution in [0.2, 0.25) is 0 Å². The van der Waals surface area contributed by atoms with Crippen LogP contribution in [0.4, 0.5) is 0 Å². The van der Waals surface area contributed by atoms with Gasteiger partial charge in [-0.1, -0.05) is 0 Å². The third-order valence-electron chi connectivity index (χ3n) is 3.83. The van der Waals surface area contributed by atoms with Crippen LogP contribution >= 0.6 is 23.6 Å². The summed E-state index contributed by atoms with van der Waals surface area (Å²) in [5.74, 6) is 1.36. The fourth-order valence-corrected chi connectivity index (χ4v) is 3.28. The molecule has 0 saturated heterocycles. The van der Waals surface area contributed by atoms with E-state index in [0.29, 0.717) is 17.1 Å². The zero-order valence-corrected chi connectivity index (χ0v) is 15.6. The molecule has 1 amide bonds. The number of H-pyrrole nitrogens is 1. The Kier molecular flexibility index (Phi) is 5.30. The zero-order valence-electron chi connectivity index (χ0n) is 13.9. The number of aromatic amines is 1. The van der Waals surface area contributed by atoms with Crippen molar-refractivity contribution in [2.24, 2.45) is 0 Å². The van der Waals surface area contributed by atoms with Gasteiger partial charge in [-0.2, -0.15) is 16.4 Å². The van der Waals surface area contributed by atoms with E-state index in [9.17, 15) is 4.79 Å². The second kappa shape index (κ2) is 7.62. The second-order valence-corrected chi connectivity index (χ2v) is 6.72. The molecular weight excluding hydrogens is 356 g/mol. The van der Waals surface area contributed by atoms with E-state index in [4.69, 9.17) is 17.0 Å². The van der Waals surface area contributed by atoms with E-state index in [-0.39, 0.29) is 12.5 Å². The standard InChI is InChI=1S/C17H18N4O2S2/c1-20(9-12-7-8-25-11-12)15(22)10-21-16(18-19-17(21)24)13-3-5-14(23-2)6-4-13/h3-8,11H,9-10H2,1-2H3,(H,19,24). The first-order valence-electron chi connectivity index (χ1n) is 7.63. The number of carbonyl (C=O) groups excluding carboxylic acids is 1. The summed E-state index contributed by atoms with van der Waals surface area (Å²) in [6, 6.07) is 9.49. The molecule has 0 saturated carbocycles. The van der Waals surface area contributed by atoms with Gasteiger partial charge in [-0.3, -0.25) is 14.5 Å². The molecule has 3 rings (SSSR count). The highest BCUT2D eigenvalue weighted by molar-refractivity contribution is 7.71. The van der Waals surface area contributed by atoms with Crippen molar-refractivity contribution in [1.82, 2.24) is 19.7 Å². The number of methoxy groups -OCH3 is 1. The molecule has 130 valence electrons. The lowest BCUT2D eigenvalue weighted by molar-refractivity contribution is -0.131. The van der Waals surface area contributed by atoms with E-state index < -0.39 is 0 Å². The maximum atomic E-state index is 12.6. The van der Waals surface area contributed by atoms with Crippen LogP contribution in [0.3, 0.4) is 0 Å². The molecule has 1 aromatic carbocycles. The Morgan fingerprint density at radius 1 is 1.36 bits per heavy atom. The summed E-state index contributed by atoms with van der Waals surface area (Å²) in [5, 5.41) is 11.1. The van der Waals surface area contributed by atoms with Crippen molar-refractivity contribution in [1.29, 1.82) is 0 Å². The van der Waals surface area contributed by atoms with Crippen LogP contribution < -0.4 is 4.74 Å². The van der Waals surface area contributed by atoms with E-state index in [2.05, 4.69) is 10.2 Å². The van der Waals surface area contributed by atoms with Gasteiger partial charge in [-0.25, -0.2) is 0 Å². The summed E-state index contributed by atoms with van der Waals surface area (Å²) in [7, 11) is 3.41. The van der Waals surface area contributed by atoms with Crippen molar-refractivity contribution in [2.45, 2.75) is 13.1 Å². The highest BCUT2D eigenvalue weighted by Crippen LogP contribution is 2.21. The molecule has 0 aliphatic carbocycles. The molecule has 0 spiro atoms. The van der Waals surface area contributed by atoms with Crippen LogP contribution in [0.5, 0.6) is 5.75 Å². The second-order valence-electron chi connectivity index (χ2n) is 5.55. The van der Waals surface area contributed by atoms with Gasteiger partial charge in [0.25, 0.3) is 0 Å². The van der Waals surface area contributed by atoms with Gasteiger partial charge in [0.2, 0.25) is 5.91 Å². The Hall–Kier alpha value is -2.45. The highest BCUT2D eigenvalue weighted by Gasteiger charge is 2.15. The molecule has 0 fully saturated rings. The first-order chi connectivity index (χ1) is 12.1. The average molecular weight is 374 g/mol. The van der Waals surface area contributed by atoms with Crippen molar-refractivity contribution in [3.63, 3.8) is 0 Å². The number of hydrogen-bond donors (Lipinski definition) is 1. The number of thiophene rings is 1. The van der Waals surface area contributed by atoms with Gasteiger partial charge in [0.1, 0.15) is 12.3 Å². The lowest BCUT2D eigenvalue weighted by Gasteiger charge is -2.17. The molecule has 0 aliphatic heterocycles. The summed E-state index contributed by atoms with van der Waals surface area (Å²) < 4.78 is 7.30. The van der Waals surface area contributed by atoms with Crippen LogP contribution in [-0.4, -0.2) is 39.7 Å². The molecule has 25 heavy (non-hydrogen) atoms. The molecule has 1 N–H and O–H groups in total. The third-order valence-corrected chi connectivity index (χ3v) is 4.87. The lowest BCUT2D eigenvalue weighted by atomic mass is 10.2. The molecule has 3 aromatic rings. The van der Waals surface area contributed by atoms with Crippen LogP contribution in [0, 0.1) is 4.77 Å². The highest BCUT2D eigenvalue weighted by atomic mass is 32.1. The smallest absolute Gasteiger partial charge is 0.242 e. The molecule has 0 radical (unpaired) electrons. The van der Waals surface area contributed by atoms with Crippen LogP contribution in [0.1, 0.15) is 5.56 Å². The number of rotatable bonds is 6. The molecule has 0 aliphatic rings. The molecule has 2 aromatic heterocycles. The number of carbonyl (C=O) groups is 1. The van der Waals surface area contributed by atoms with Gasteiger partial charge in [-0.15, -0.1) is 0 Å². The predicted molar refractivity (Wildman–Crippen MR) is 100 cm³/mol. The Bertz CT molecular complexity index is 898. The first-order valence-corrected chi connectivity index (χ1v) is 8.98. The largest absolute Gasteiger partial charge is 0.497 e. The first kappa shape index (κ1) is 17.4.